The molecule has 0 radical (unpaired) electrons. The van der Waals surface area contributed by atoms with Crippen LogP contribution in [0.1, 0.15) is 33.9 Å². The molecule has 3 aromatic rings. The number of nitrogens with zero attached hydrogens (tertiary/aromatic N) is 2. The molecule has 1 aliphatic heterocycles. The largest absolute Gasteiger partial charge is 0.274 e. The highest BCUT2D eigenvalue weighted by Gasteiger charge is 2.36. The minimum atomic E-state index is -0.487. The van der Waals surface area contributed by atoms with Crippen molar-refractivity contribution in [2.45, 2.75) is 12.5 Å². The lowest BCUT2D eigenvalue weighted by molar-refractivity contribution is 0.0711. The highest BCUT2D eigenvalue weighted by atomic mass is 35.5. The SMILES string of the molecule is O=C(c1ccc(Cl)cc1)N1N=C(c2ccc(F)cc2)CC1c1c(Cl)cccc1Cl. The van der Waals surface area contributed by atoms with E-state index in [0.717, 1.165) is 5.56 Å². The third kappa shape index (κ3) is 4.01. The average Bonchev–Trinajstić information content (AvgIpc) is 3.13. The maximum Gasteiger partial charge on any atom is 0.274 e. The molecular formula is C22H14Cl3FN2O. The zero-order chi connectivity index (χ0) is 20.5. The number of amides is 1. The third-order valence-corrected chi connectivity index (χ3v) is 5.63. The van der Waals surface area contributed by atoms with Crippen molar-refractivity contribution in [3.63, 3.8) is 0 Å². The first-order valence-electron chi connectivity index (χ1n) is 8.80. The molecule has 146 valence electrons. The average molecular weight is 448 g/mol. The fraction of sp³-hybridized carbons (Fsp3) is 0.0909. The summed E-state index contributed by atoms with van der Waals surface area (Å²) in [5.41, 5.74) is 2.44. The first-order chi connectivity index (χ1) is 13.9. The summed E-state index contributed by atoms with van der Waals surface area (Å²) in [5, 5.41) is 7.37. The Labute approximate surface area is 182 Å². The number of halogens is 4. The number of hydrogen-bond acceptors (Lipinski definition) is 2. The van der Waals surface area contributed by atoms with Gasteiger partial charge in [0.2, 0.25) is 0 Å². The monoisotopic (exact) mass is 446 g/mol. The van der Waals surface area contributed by atoms with Crippen molar-refractivity contribution >= 4 is 46.4 Å². The lowest BCUT2D eigenvalue weighted by atomic mass is 9.98. The lowest BCUT2D eigenvalue weighted by Gasteiger charge is -2.24. The summed E-state index contributed by atoms with van der Waals surface area (Å²) in [6.07, 6.45) is 0.397. The van der Waals surface area contributed by atoms with Gasteiger partial charge in [-0.15, -0.1) is 0 Å². The van der Waals surface area contributed by atoms with E-state index in [9.17, 15) is 9.18 Å². The quantitative estimate of drug-likeness (QED) is 0.436. The van der Waals surface area contributed by atoms with Gasteiger partial charge in [0.1, 0.15) is 5.82 Å². The Morgan fingerprint density at radius 3 is 2.17 bits per heavy atom. The Kier molecular flexibility index (Phi) is 5.59. The topological polar surface area (TPSA) is 32.7 Å². The van der Waals surface area contributed by atoms with Crippen molar-refractivity contribution in [1.29, 1.82) is 0 Å². The fourth-order valence-electron chi connectivity index (χ4n) is 3.29. The minimum Gasteiger partial charge on any atom is -0.267 e. The minimum absolute atomic E-state index is 0.306. The van der Waals surface area contributed by atoms with Crippen molar-refractivity contribution in [2.24, 2.45) is 5.10 Å². The van der Waals surface area contributed by atoms with Gasteiger partial charge in [-0.3, -0.25) is 4.79 Å². The summed E-state index contributed by atoms with van der Waals surface area (Å²) < 4.78 is 13.3. The molecule has 1 unspecified atom stereocenters. The molecule has 3 aromatic carbocycles. The van der Waals surface area contributed by atoms with E-state index in [2.05, 4.69) is 5.10 Å². The fourth-order valence-corrected chi connectivity index (χ4v) is 4.07. The molecule has 0 N–H and O–H groups in total. The molecule has 1 amide bonds. The van der Waals surface area contributed by atoms with E-state index >= 15 is 0 Å². The van der Waals surface area contributed by atoms with Crippen LogP contribution in [0.15, 0.2) is 71.8 Å². The van der Waals surface area contributed by atoms with Gasteiger partial charge in [-0.25, -0.2) is 9.40 Å². The molecule has 0 aliphatic carbocycles. The lowest BCUT2D eigenvalue weighted by Crippen LogP contribution is -2.27. The van der Waals surface area contributed by atoms with E-state index < -0.39 is 6.04 Å². The number of hydrazone groups is 1. The van der Waals surface area contributed by atoms with Crippen LogP contribution in [0.4, 0.5) is 4.39 Å². The van der Waals surface area contributed by atoms with Crippen LogP contribution in [0.3, 0.4) is 0 Å². The van der Waals surface area contributed by atoms with Crippen LogP contribution in [-0.4, -0.2) is 16.6 Å². The normalized spacial score (nSPS) is 16.1. The maximum absolute atomic E-state index is 13.3. The molecule has 1 aliphatic rings. The van der Waals surface area contributed by atoms with Crippen LogP contribution in [-0.2, 0) is 0 Å². The molecule has 0 aromatic heterocycles. The molecule has 0 fully saturated rings. The molecule has 0 bridgehead atoms. The van der Waals surface area contributed by atoms with Gasteiger partial charge < -0.3 is 0 Å². The standard InChI is InChI=1S/C22H14Cl3FN2O/c23-15-8-4-14(5-9-15)22(29)28-20(21-17(24)2-1-3-18(21)25)12-19(27-28)13-6-10-16(26)11-7-13/h1-11,20H,12H2. The van der Waals surface area contributed by atoms with Gasteiger partial charge in [-0.2, -0.15) is 5.10 Å². The predicted octanol–water partition coefficient (Wildman–Crippen LogP) is 6.78. The summed E-state index contributed by atoms with van der Waals surface area (Å²) in [5.74, 6) is -0.646. The van der Waals surface area contributed by atoms with Crippen molar-refractivity contribution in [1.82, 2.24) is 5.01 Å². The van der Waals surface area contributed by atoms with Crippen LogP contribution in [0, 0.1) is 5.82 Å². The second-order valence-electron chi connectivity index (χ2n) is 6.57. The highest BCUT2D eigenvalue weighted by Crippen LogP contribution is 2.40. The Morgan fingerprint density at radius 2 is 1.55 bits per heavy atom. The number of rotatable bonds is 3. The predicted molar refractivity (Wildman–Crippen MR) is 114 cm³/mol. The Balaban J connectivity index is 1.78. The first-order valence-corrected chi connectivity index (χ1v) is 9.94. The number of hydrogen-bond donors (Lipinski definition) is 0. The van der Waals surface area contributed by atoms with Crippen molar-refractivity contribution in [3.8, 4) is 0 Å². The third-order valence-electron chi connectivity index (χ3n) is 4.72. The smallest absolute Gasteiger partial charge is 0.267 e. The van der Waals surface area contributed by atoms with Crippen LogP contribution >= 0.6 is 34.8 Å². The van der Waals surface area contributed by atoms with Gasteiger partial charge >= 0.3 is 0 Å². The molecule has 7 heteroatoms. The Morgan fingerprint density at radius 1 is 0.931 bits per heavy atom. The zero-order valence-corrected chi connectivity index (χ0v) is 17.2. The second kappa shape index (κ2) is 8.15. The van der Waals surface area contributed by atoms with E-state index in [-0.39, 0.29) is 11.7 Å². The van der Waals surface area contributed by atoms with E-state index in [1.165, 1.54) is 17.1 Å². The summed E-state index contributed by atoms with van der Waals surface area (Å²) >= 11 is 18.8. The first kappa shape index (κ1) is 19.9. The molecule has 0 saturated heterocycles. The van der Waals surface area contributed by atoms with Crippen LogP contribution < -0.4 is 0 Å². The molecule has 1 atom stereocenters. The van der Waals surface area contributed by atoms with E-state index in [1.54, 1.807) is 54.6 Å². The maximum atomic E-state index is 13.3. The van der Waals surface area contributed by atoms with Crippen LogP contribution in [0.2, 0.25) is 15.1 Å². The van der Waals surface area contributed by atoms with Crippen LogP contribution in [0.25, 0.3) is 0 Å². The summed E-state index contributed by atoms with van der Waals surface area (Å²) in [6, 6.07) is 17.3. The van der Waals surface area contributed by atoms with E-state index in [1.807, 2.05) is 0 Å². The van der Waals surface area contributed by atoms with Crippen LogP contribution in [0.5, 0.6) is 0 Å². The van der Waals surface area contributed by atoms with Crippen molar-refractivity contribution in [2.75, 3.05) is 0 Å². The van der Waals surface area contributed by atoms with Gasteiger partial charge in [0.25, 0.3) is 5.91 Å². The van der Waals surface area contributed by atoms with Gasteiger partial charge in [0, 0.05) is 32.6 Å². The number of carbonyl (C=O) groups is 1. The molecule has 4 rings (SSSR count). The molecule has 1 heterocycles. The summed E-state index contributed by atoms with van der Waals surface area (Å²) in [7, 11) is 0. The van der Waals surface area contributed by atoms with Gasteiger partial charge in [0.05, 0.1) is 11.8 Å². The molecule has 0 saturated carbocycles. The van der Waals surface area contributed by atoms with Gasteiger partial charge in [0.15, 0.2) is 0 Å². The van der Waals surface area contributed by atoms with E-state index in [4.69, 9.17) is 34.8 Å². The molecule has 29 heavy (non-hydrogen) atoms. The molecule has 0 spiro atoms. The van der Waals surface area contributed by atoms with Gasteiger partial charge in [-0.1, -0.05) is 53.0 Å². The summed E-state index contributed by atoms with van der Waals surface area (Å²) in [6.45, 7) is 0. The van der Waals surface area contributed by atoms with Crippen molar-refractivity contribution in [3.05, 3.63) is 104 Å². The molecule has 3 nitrogen and oxygen atoms in total. The second-order valence-corrected chi connectivity index (χ2v) is 7.82. The number of benzene rings is 3. The summed E-state index contributed by atoms with van der Waals surface area (Å²) in [4.78, 5) is 13.2. The highest BCUT2D eigenvalue weighted by molar-refractivity contribution is 6.36. The Bertz CT molecular complexity index is 1080. The van der Waals surface area contributed by atoms with Gasteiger partial charge in [-0.05, 0) is 54.1 Å². The molecular weight excluding hydrogens is 434 g/mol. The number of carbonyl (C=O) groups excluding carboxylic acids is 1. The Hall–Kier alpha value is -2.40. The van der Waals surface area contributed by atoms with E-state index in [0.29, 0.717) is 38.3 Å². The zero-order valence-electron chi connectivity index (χ0n) is 14.9. The van der Waals surface area contributed by atoms with Crippen molar-refractivity contribution < 1.29 is 9.18 Å².